The van der Waals surface area contributed by atoms with Crippen molar-refractivity contribution in [2.75, 3.05) is 18.6 Å². The molecule has 1 aromatic carbocycles. The van der Waals surface area contributed by atoms with E-state index in [9.17, 15) is 23.1 Å². The largest absolute Gasteiger partial charge is 0.483 e. The summed E-state index contributed by atoms with van der Waals surface area (Å²) < 4.78 is 43.4. The summed E-state index contributed by atoms with van der Waals surface area (Å²) in [6.07, 6.45) is -2.18. The third-order valence-electron chi connectivity index (χ3n) is 5.16. The van der Waals surface area contributed by atoms with E-state index in [1.54, 1.807) is 70.4 Å². The Bertz CT molecular complexity index is 1160. The zero-order valence-electron chi connectivity index (χ0n) is 19.3. The SMILES string of the molecule is Cc1cc(C=O)c(CN(C)c2ccc(C(C)(C)O)nc2)c(-c2ccccc2OCC(F)(F)F)n1. The molecule has 0 unspecified atom stereocenters. The van der Waals surface area contributed by atoms with Gasteiger partial charge < -0.3 is 14.7 Å². The topological polar surface area (TPSA) is 75.6 Å². The first kappa shape index (κ1) is 25.2. The molecule has 0 spiro atoms. The second-order valence-corrected chi connectivity index (χ2v) is 8.51. The van der Waals surface area contributed by atoms with Gasteiger partial charge in [0.25, 0.3) is 0 Å². The summed E-state index contributed by atoms with van der Waals surface area (Å²) >= 11 is 0. The Morgan fingerprint density at radius 1 is 1.15 bits per heavy atom. The predicted molar refractivity (Wildman–Crippen MR) is 123 cm³/mol. The second kappa shape index (κ2) is 9.80. The summed E-state index contributed by atoms with van der Waals surface area (Å²) in [5.41, 5.74) is 2.33. The lowest BCUT2D eigenvalue weighted by Gasteiger charge is -2.24. The smallest absolute Gasteiger partial charge is 0.422 e. The van der Waals surface area contributed by atoms with Gasteiger partial charge in [-0.25, -0.2) is 0 Å². The monoisotopic (exact) mass is 473 g/mol. The average Bonchev–Trinajstić information content (AvgIpc) is 2.77. The van der Waals surface area contributed by atoms with Crippen molar-refractivity contribution in [1.82, 2.24) is 9.97 Å². The minimum absolute atomic E-state index is 0.0230. The maximum Gasteiger partial charge on any atom is 0.422 e. The molecule has 1 N–H and O–H groups in total. The molecule has 2 heterocycles. The number of rotatable bonds is 8. The number of para-hydroxylation sites is 1. The molecule has 0 aliphatic heterocycles. The molecule has 0 aliphatic carbocycles. The molecule has 180 valence electrons. The van der Waals surface area contributed by atoms with Crippen molar-refractivity contribution in [1.29, 1.82) is 0 Å². The highest BCUT2D eigenvalue weighted by Crippen LogP contribution is 2.34. The van der Waals surface area contributed by atoms with Crippen LogP contribution in [0.2, 0.25) is 0 Å². The van der Waals surface area contributed by atoms with Crippen molar-refractivity contribution in [3.63, 3.8) is 0 Å². The van der Waals surface area contributed by atoms with E-state index >= 15 is 0 Å². The van der Waals surface area contributed by atoms with E-state index in [1.165, 1.54) is 6.07 Å². The highest BCUT2D eigenvalue weighted by atomic mass is 19.4. The number of benzene rings is 1. The minimum atomic E-state index is -4.49. The Hall–Kier alpha value is -3.46. The Morgan fingerprint density at radius 3 is 2.44 bits per heavy atom. The predicted octanol–water partition coefficient (Wildman–Crippen LogP) is 5.07. The van der Waals surface area contributed by atoms with Gasteiger partial charge in [0.1, 0.15) is 11.4 Å². The molecule has 0 atom stereocenters. The van der Waals surface area contributed by atoms with Crippen LogP contribution in [0.5, 0.6) is 5.75 Å². The lowest BCUT2D eigenvalue weighted by atomic mass is 9.99. The number of aryl methyl sites for hydroxylation is 1. The lowest BCUT2D eigenvalue weighted by molar-refractivity contribution is -0.153. The van der Waals surface area contributed by atoms with Crippen LogP contribution < -0.4 is 9.64 Å². The average molecular weight is 473 g/mol. The zero-order valence-corrected chi connectivity index (χ0v) is 19.3. The van der Waals surface area contributed by atoms with Crippen LogP contribution in [0, 0.1) is 6.92 Å². The normalized spacial score (nSPS) is 11.9. The van der Waals surface area contributed by atoms with Gasteiger partial charge in [-0.15, -0.1) is 0 Å². The molecule has 0 bridgehead atoms. The maximum atomic E-state index is 12.8. The first-order chi connectivity index (χ1) is 15.9. The van der Waals surface area contributed by atoms with E-state index in [1.807, 2.05) is 4.90 Å². The van der Waals surface area contributed by atoms with E-state index in [-0.39, 0.29) is 12.3 Å². The number of pyridine rings is 2. The van der Waals surface area contributed by atoms with Crippen molar-refractivity contribution in [3.05, 3.63) is 71.2 Å². The molecule has 2 aromatic heterocycles. The number of alkyl halides is 3. The highest BCUT2D eigenvalue weighted by molar-refractivity contribution is 5.83. The van der Waals surface area contributed by atoms with Crippen LogP contribution in [0.1, 0.15) is 41.2 Å². The first-order valence-corrected chi connectivity index (χ1v) is 10.5. The van der Waals surface area contributed by atoms with Crippen LogP contribution in [-0.4, -0.2) is 41.2 Å². The molecule has 0 saturated carbocycles. The highest BCUT2D eigenvalue weighted by Gasteiger charge is 2.29. The van der Waals surface area contributed by atoms with Gasteiger partial charge in [0.15, 0.2) is 12.9 Å². The molecular formula is C25H26F3N3O3. The van der Waals surface area contributed by atoms with Gasteiger partial charge in [-0.3, -0.25) is 14.8 Å². The van der Waals surface area contributed by atoms with E-state index in [0.29, 0.717) is 40.1 Å². The standard InChI is InChI=1S/C25H26F3N3O3/c1-16-11-17(14-32)20(13-31(4)18-9-10-22(29-12-18)24(2,3)33)23(30-16)19-7-5-6-8-21(19)34-15-25(26,27)28/h5-12,14,33H,13,15H2,1-4H3. The molecule has 3 rings (SSSR count). The number of nitrogens with zero attached hydrogens (tertiary/aromatic N) is 3. The van der Waals surface area contributed by atoms with Crippen LogP contribution in [0.15, 0.2) is 48.7 Å². The number of hydrogen-bond acceptors (Lipinski definition) is 6. The zero-order chi connectivity index (χ0) is 25.1. The number of halogens is 3. The van der Waals surface area contributed by atoms with E-state index in [0.717, 1.165) is 5.69 Å². The number of carbonyl (C=O) groups is 1. The Morgan fingerprint density at radius 2 is 1.85 bits per heavy atom. The number of aldehydes is 1. The molecule has 0 fully saturated rings. The molecule has 9 heteroatoms. The van der Waals surface area contributed by atoms with Gasteiger partial charge in [0.05, 0.1) is 23.3 Å². The van der Waals surface area contributed by atoms with Crippen molar-refractivity contribution in [2.24, 2.45) is 0 Å². The van der Waals surface area contributed by atoms with Gasteiger partial charge in [-0.05, 0) is 51.1 Å². The van der Waals surface area contributed by atoms with Crippen LogP contribution >= 0.6 is 0 Å². The van der Waals surface area contributed by atoms with Gasteiger partial charge in [-0.2, -0.15) is 13.2 Å². The molecule has 3 aromatic rings. The van der Waals surface area contributed by atoms with Crippen molar-refractivity contribution < 1.29 is 27.8 Å². The molecule has 0 radical (unpaired) electrons. The molecular weight excluding hydrogens is 447 g/mol. The molecule has 0 saturated heterocycles. The van der Waals surface area contributed by atoms with Crippen LogP contribution in [0.3, 0.4) is 0 Å². The third-order valence-corrected chi connectivity index (χ3v) is 5.16. The fraction of sp³-hybridized carbons (Fsp3) is 0.320. The molecule has 0 amide bonds. The summed E-state index contributed by atoms with van der Waals surface area (Å²) in [5.74, 6) is 0.0230. The molecule has 34 heavy (non-hydrogen) atoms. The summed E-state index contributed by atoms with van der Waals surface area (Å²) in [6, 6.07) is 11.4. The van der Waals surface area contributed by atoms with Crippen LogP contribution in [0.4, 0.5) is 18.9 Å². The van der Waals surface area contributed by atoms with Crippen molar-refractivity contribution in [2.45, 2.75) is 39.1 Å². The fourth-order valence-electron chi connectivity index (χ4n) is 3.47. The maximum absolute atomic E-state index is 12.8. The number of hydrogen-bond donors (Lipinski definition) is 1. The van der Waals surface area contributed by atoms with E-state index in [2.05, 4.69) is 9.97 Å². The van der Waals surface area contributed by atoms with E-state index in [4.69, 9.17) is 4.74 Å². The first-order valence-electron chi connectivity index (χ1n) is 10.5. The Balaban J connectivity index is 2.02. The molecule has 0 aliphatic rings. The van der Waals surface area contributed by atoms with Gasteiger partial charge >= 0.3 is 6.18 Å². The quantitative estimate of drug-likeness (QED) is 0.461. The van der Waals surface area contributed by atoms with Crippen molar-refractivity contribution in [3.8, 4) is 17.0 Å². The number of aromatic nitrogens is 2. The van der Waals surface area contributed by atoms with Crippen molar-refractivity contribution >= 4 is 12.0 Å². The van der Waals surface area contributed by atoms with Gasteiger partial charge in [0, 0.05) is 36.0 Å². The summed E-state index contributed by atoms with van der Waals surface area (Å²) in [7, 11) is 1.80. The van der Waals surface area contributed by atoms with Crippen LogP contribution in [0.25, 0.3) is 11.3 Å². The lowest BCUT2D eigenvalue weighted by Crippen LogP contribution is -2.21. The summed E-state index contributed by atoms with van der Waals surface area (Å²) in [6.45, 7) is 3.77. The van der Waals surface area contributed by atoms with Gasteiger partial charge in [0.2, 0.25) is 0 Å². The van der Waals surface area contributed by atoms with Crippen LogP contribution in [-0.2, 0) is 12.1 Å². The minimum Gasteiger partial charge on any atom is -0.483 e. The van der Waals surface area contributed by atoms with E-state index < -0.39 is 18.4 Å². The number of ether oxygens (including phenoxy) is 1. The fourth-order valence-corrected chi connectivity index (χ4v) is 3.47. The summed E-state index contributed by atoms with van der Waals surface area (Å²) in [4.78, 5) is 22.6. The molecule has 6 nitrogen and oxygen atoms in total. The number of aliphatic hydroxyl groups is 1. The van der Waals surface area contributed by atoms with Gasteiger partial charge in [-0.1, -0.05) is 12.1 Å². The Labute approximate surface area is 196 Å². The Kier molecular flexibility index (Phi) is 7.26. The summed E-state index contributed by atoms with van der Waals surface area (Å²) in [5, 5.41) is 10.1. The third kappa shape index (κ3) is 6.11. The number of carbonyl (C=O) groups excluding carboxylic acids is 1. The second-order valence-electron chi connectivity index (χ2n) is 8.51. The number of anilines is 1.